The molecule has 0 aliphatic carbocycles. The van der Waals surface area contributed by atoms with E-state index in [2.05, 4.69) is 20.3 Å². The average Bonchev–Trinajstić information content (AvgIpc) is 3.09. The monoisotopic (exact) mass is 365 g/mol. The first-order valence-corrected chi connectivity index (χ1v) is 7.03. The van der Waals surface area contributed by atoms with Crippen LogP contribution in [0.15, 0.2) is 47.3 Å². The molecule has 1 amide bonds. The van der Waals surface area contributed by atoms with Crippen LogP contribution in [0, 0.1) is 0 Å². The number of alkyl halides is 3. The number of hydrogen-bond donors (Lipinski definition) is 3. The molecule has 2 heterocycles. The van der Waals surface area contributed by atoms with Crippen LogP contribution in [0.2, 0.25) is 0 Å². The van der Waals surface area contributed by atoms with Gasteiger partial charge in [-0.15, -0.1) is 0 Å². The van der Waals surface area contributed by atoms with E-state index in [4.69, 9.17) is 9.62 Å². The lowest BCUT2D eigenvalue weighted by Gasteiger charge is -2.06. The quantitative estimate of drug-likeness (QED) is 0.481. The van der Waals surface area contributed by atoms with Gasteiger partial charge in [-0.1, -0.05) is 12.1 Å². The maximum Gasteiger partial charge on any atom is 0.416 e. The summed E-state index contributed by atoms with van der Waals surface area (Å²) in [7, 11) is 0. The van der Waals surface area contributed by atoms with E-state index in [0.29, 0.717) is 16.9 Å². The van der Waals surface area contributed by atoms with Crippen molar-refractivity contribution in [3.05, 3.63) is 54.3 Å². The maximum atomic E-state index is 12.6. The van der Waals surface area contributed by atoms with Gasteiger partial charge in [0.1, 0.15) is 12.0 Å². The van der Waals surface area contributed by atoms with Gasteiger partial charge < -0.3 is 9.73 Å². The van der Waals surface area contributed by atoms with Crippen molar-refractivity contribution in [2.24, 2.45) is 0 Å². The van der Waals surface area contributed by atoms with E-state index in [1.54, 1.807) is 0 Å². The van der Waals surface area contributed by atoms with Crippen molar-refractivity contribution in [1.29, 1.82) is 0 Å². The minimum absolute atomic E-state index is 0.0582. The third-order valence-corrected chi connectivity index (χ3v) is 3.22. The Morgan fingerprint density at radius 3 is 2.35 bits per heavy atom. The van der Waals surface area contributed by atoms with Crippen LogP contribution in [-0.4, -0.2) is 26.1 Å². The van der Waals surface area contributed by atoms with Crippen molar-refractivity contribution >= 4 is 17.6 Å². The van der Waals surface area contributed by atoms with E-state index in [1.807, 2.05) is 0 Å². The fourth-order valence-electron chi connectivity index (χ4n) is 1.98. The van der Waals surface area contributed by atoms with Crippen molar-refractivity contribution in [2.75, 3.05) is 5.32 Å². The minimum Gasteiger partial charge on any atom is -0.431 e. The number of nitrogens with one attached hydrogen (secondary N) is 2. The first kappa shape index (κ1) is 17.4. The first-order valence-electron chi connectivity index (χ1n) is 7.03. The van der Waals surface area contributed by atoms with Gasteiger partial charge in [-0.3, -0.25) is 10.0 Å². The van der Waals surface area contributed by atoms with Crippen LogP contribution in [0.1, 0.15) is 16.2 Å². The third-order valence-electron chi connectivity index (χ3n) is 3.22. The van der Waals surface area contributed by atoms with Gasteiger partial charge in [-0.2, -0.15) is 18.2 Å². The molecule has 0 saturated carbocycles. The summed E-state index contributed by atoms with van der Waals surface area (Å²) in [5.41, 5.74) is 1.77. The molecule has 0 bridgehead atoms. The molecule has 0 fully saturated rings. The van der Waals surface area contributed by atoms with Crippen LogP contribution in [0.5, 0.6) is 0 Å². The highest BCUT2D eigenvalue weighted by Crippen LogP contribution is 2.31. The predicted molar refractivity (Wildman–Crippen MR) is 81.5 cm³/mol. The van der Waals surface area contributed by atoms with Gasteiger partial charge in [-0.05, 0) is 12.1 Å². The summed E-state index contributed by atoms with van der Waals surface area (Å²) in [5, 5.41) is 11.2. The Hall–Kier alpha value is -3.47. The van der Waals surface area contributed by atoms with Crippen LogP contribution in [-0.2, 0) is 6.18 Å². The summed E-state index contributed by atoms with van der Waals surface area (Å²) in [4.78, 5) is 22.7. The highest BCUT2D eigenvalue weighted by Gasteiger charge is 2.30. The molecule has 8 nitrogen and oxygen atoms in total. The number of carbonyl (C=O) groups excluding carboxylic acids is 1. The molecule has 0 atom stereocenters. The standard InChI is InChI=1S/C15H10F3N5O3/c16-15(17,18)9-3-1-8(2-4-9)11-7-26-14(22-11)21-10-5-19-12(20-6-10)13(24)23-25/h1-7,25H,(H,21,22)(H,23,24). The van der Waals surface area contributed by atoms with Gasteiger partial charge in [0.15, 0.2) is 0 Å². The minimum atomic E-state index is -4.41. The molecule has 11 heteroatoms. The van der Waals surface area contributed by atoms with Gasteiger partial charge in [0, 0.05) is 5.56 Å². The number of halogens is 3. The Morgan fingerprint density at radius 1 is 1.12 bits per heavy atom. The van der Waals surface area contributed by atoms with Gasteiger partial charge in [-0.25, -0.2) is 15.4 Å². The number of carbonyl (C=O) groups is 1. The number of amides is 1. The van der Waals surface area contributed by atoms with E-state index < -0.39 is 17.6 Å². The summed E-state index contributed by atoms with van der Waals surface area (Å²) in [6.07, 6.45) is -0.604. The average molecular weight is 365 g/mol. The Balaban J connectivity index is 1.73. The largest absolute Gasteiger partial charge is 0.431 e. The van der Waals surface area contributed by atoms with Crippen molar-refractivity contribution in [3.8, 4) is 11.3 Å². The molecule has 0 saturated heterocycles. The molecule has 1 aromatic carbocycles. The molecule has 3 aromatic rings. The Labute approximate surface area is 143 Å². The molecular weight excluding hydrogens is 355 g/mol. The summed E-state index contributed by atoms with van der Waals surface area (Å²) >= 11 is 0. The zero-order valence-electron chi connectivity index (χ0n) is 12.8. The molecular formula is C15H10F3N5O3. The van der Waals surface area contributed by atoms with Crippen molar-refractivity contribution in [2.45, 2.75) is 6.18 Å². The van der Waals surface area contributed by atoms with Gasteiger partial charge >= 0.3 is 12.1 Å². The summed E-state index contributed by atoms with van der Waals surface area (Å²) < 4.78 is 42.9. The van der Waals surface area contributed by atoms with E-state index >= 15 is 0 Å². The molecule has 0 unspecified atom stereocenters. The zero-order valence-corrected chi connectivity index (χ0v) is 12.8. The second-order valence-corrected chi connectivity index (χ2v) is 4.97. The SMILES string of the molecule is O=C(NO)c1ncc(Nc2nc(-c3ccc(C(F)(F)F)cc3)co2)cn1. The van der Waals surface area contributed by atoms with Crippen LogP contribution >= 0.6 is 0 Å². The molecule has 134 valence electrons. The lowest BCUT2D eigenvalue weighted by atomic mass is 10.1. The number of hydrogen-bond acceptors (Lipinski definition) is 7. The van der Waals surface area contributed by atoms with E-state index in [9.17, 15) is 18.0 Å². The number of hydroxylamine groups is 1. The molecule has 0 spiro atoms. The number of rotatable bonds is 4. The molecule has 0 aliphatic heterocycles. The van der Waals surface area contributed by atoms with E-state index in [-0.39, 0.29) is 11.8 Å². The number of anilines is 2. The van der Waals surface area contributed by atoms with Crippen LogP contribution < -0.4 is 10.8 Å². The topological polar surface area (TPSA) is 113 Å². The highest BCUT2D eigenvalue weighted by molar-refractivity contribution is 5.89. The van der Waals surface area contributed by atoms with E-state index in [0.717, 1.165) is 12.1 Å². The number of benzene rings is 1. The van der Waals surface area contributed by atoms with Crippen molar-refractivity contribution in [3.63, 3.8) is 0 Å². The molecule has 3 N–H and O–H groups in total. The van der Waals surface area contributed by atoms with Crippen molar-refractivity contribution in [1.82, 2.24) is 20.4 Å². The second-order valence-electron chi connectivity index (χ2n) is 4.97. The molecule has 2 aromatic heterocycles. The highest BCUT2D eigenvalue weighted by atomic mass is 19.4. The fourth-order valence-corrected chi connectivity index (χ4v) is 1.98. The second kappa shape index (κ2) is 6.80. The Morgan fingerprint density at radius 2 is 1.77 bits per heavy atom. The third kappa shape index (κ3) is 3.78. The Bertz CT molecular complexity index is 908. The van der Waals surface area contributed by atoms with Gasteiger partial charge in [0.05, 0.1) is 23.6 Å². The van der Waals surface area contributed by atoms with Crippen LogP contribution in [0.25, 0.3) is 11.3 Å². The van der Waals surface area contributed by atoms with Crippen molar-refractivity contribution < 1.29 is 27.6 Å². The predicted octanol–water partition coefficient (Wildman–Crippen LogP) is 3.01. The van der Waals surface area contributed by atoms with Gasteiger partial charge in [0.2, 0.25) is 5.82 Å². The number of oxazole rings is 1. The molecule has 0 radical (unpaired) electrons. The van der Waals surface area contributed by atoms with E-state index in [1.165, 1.54) is 36.3 Å². The number of nitrogens with zero attached hydrogens (tertiary/aromatic N) is 3. The van der Waals surface area contributed by atoms with Crippen LogP contribution in [0.3, 0.4) is 0 Å². The first-order chi connectivity index (χ1) is 12.4. The summed E-state index contributed by atoms with van der Waals surface area (Å²) in [6, 6.07) is 4.54. The molecule has 26 heavy (non-hydrogen) atoms. The lowest BCUT2D eigenvalue weighted by Crippen LogP contribution is -2.21. The summed E-state index contributed by atoms with van der Waals surface area (Å²) in [5.74, 6) is -1.10. The Kier molecular flexibility index (Phi) is 4.54. The number of aromatic nitrogens is 3. The molecule has 3 rings (SSSR count). The smallest absolute Gasteiger partial charge is 0.416 e. The summed E-state index contributed by atoms with van der Waals surface area (Å²) in [6.45, 7) is 0. The van der Waals surface area contributed by atoms with Gasteiger partial charge in [0.25, 0.3) is 6.01 Å². The fraction of sp³-hybridized carbons (Fsp3) is 0.0667. The normalized spacial score (nSPS) is 11.2. The lowest BCUT2D eigenvalue weighted by molar-refractivity contribution is -0.137. The maximum absolute atomic E-state index is 12.6. The molecule has 0 aliphatic rings. The van der Waals surface area contributed by atoms with Crippen LogP contribution in [0.4, 0.5) is 24.9 Å². The zero-order chi connectivity index (χ0) is 18.7.